The Bertz CT molecular complexity index is 945. The maximum absolute atomic E-state index is 12.5. The van der Waals surface area contributed by atoms with Gasteiger partial charge in [0.25, 0.3) is 11.5 Å². The Balaban J connectivity index is 2.12. The van der Waals surface area contributed by atoms with Gasteiger partial charge in [0, 0.05) is 13.2 Å². The van der Waals surface area contributed by atoms with Crippen LogP contribution >= 0.6 is 11.6 Å². The van der Waals surface area contributed by atoms with E-state index < -0.39 is 5.91 Å². The van der Waals surface area contributed by atoms with Crippen LogP contribution < -0.4 is 10.9 Å². The molecule has 3 heterocycles. The summed E-state index contributed by atoms with van der Waals surface area (Å²) in [4.78, 5) is 32.7. The summed E-state index contributed by atoms with van der Waals surface area (Å²) in [6.07, 6.45) is 2.84. The lowest BCUT2D eigenvalue weighted by Crippen LogP contribution is -2.21. The van der Waals surface area contributed by atoms with Crippen molar-refractivity contribution < 1.29 is 9.21 Å². The van der Waals surface area contributed by atoms with Crippen LogP contribution in [-0.4, -0.2) is 20.4 Å². The van der Waals surface area contributed by atoms with E-state index in [2.05, 4.69) is 15.3 Å². The number of pyridine rings is 1. The zero-order valence-corrected chi connectivity index (χ0v) is 12.5. The van der Waals surface area contributed by atoms with Crippen molar-refractivity contribution in [2.24, 2.45) is 7.05 Å². The Kier molecular flexibility index (Phi) is 3.42. The number of nitrogens with zero attached hydrogens (tertiary/aromatic N) is 3. The maximum Gasteiger partial charge on any atom is 0.265 e. The predicted octanol–water partition coefficient (Wildman–Crippen LogP) is 2.14. The molecule has 0 bridgehead atoms. The van der Waals surface area contributed by atoms with Gasteiger partial charge >= 0.3 is 0 Å². The van der Waals surface area contributed by atoms with Crippen LogP contribution in [0, 0.1) is 6.92 Å². The molecule has 0 aliphatic rings. The van der Waals surface area contributed by atoms with E-state index >= 15 is 0 Å². The fourth-order valence-corrected chi connectivity index (χ4v) is 2.28. The van der Waals surface area contributed by atoms with Crippen molar-refractivity contribution in [3.63, 3.8) is 0 Å². The molecule has 0 radical (unpaired) electrons. The second-order valence-corrected chi connectivity index (χ2v) is 5.07. The quantitative estimate of drug-likeness (QED) is 0.781. The third-order valence-corrected chi connectivity index (χ3v) is 3.47. The largest absolute Gasteiger partial charge is 0.442 e. The van der Waals surface area contributed by atoms with Gasteiger partial charge in [-0.1, -0.05) is 11.6 Å². The second kappa shape index (κ2) is 5.27. The summed E-state index contributed by atoms with van der Waals surface area (Å²) in [7, 11) is 1.55. The van der Waals surface area contributed by atoms with E-state index in [4.69, 9.17) is 16.0 Å². The minimum absolute atomic E-state index is 0.123. The van der Waals surface area contributed by atoms with E-state index in [1.807, 2.05) is 0 Å². The number of aryl methyl sites for hydroxylation is 2. The highest BCUT2D eigenvalue weighted by molar-refractivity contribution is 6.33. The van der Waals surface area contributed by atoms with Crippen molar-refractivity contribution in [3.05, 3.63) is 51.4 Å². The Morgan fingerprint density at radius 3 is 2.91 bits per heavy atom. The van der Waals surface area contributed by atoms with Crippen LogP contribution in [0.2, 0.25) is 5.02 Å². The van der Waals surface area contributed by atoms with Gasteiger partial charge in [-0.3, -0.25) is 9.59 Å². The number of anilines is 1. The van der Waals surface area contributed by atoms with Crippen LogP contribution in [0.15, 0.2) is 33.9 Å². The minimum Gasteiger partial charge on any atom is -0.442 e. The average molecular weight is 319 g/mol. The summed E-state index contributed by atoms with van der Waals surface area (Å²) in [5.41, 5.74) is -0.109. The smallest absolute Gasteiger partial charge is 0.265 e. The Morgan fingerprint density at radius 2 is 2.18 bits per heavy atom. The Hall–Kier alpha value is -2.67. The summed E-state index contributed by atoms with van der Waals surface area (Å²) in [5, 5.41) is 3.00. The van der Waals surface area contributed by atoms with Crippen molar-refractivity contribution in [1.29, 1.82) is 0 Å². The molecule has 22 heavy (non-hydrogen) atoms. The SMILES string of the molecule is Cc1oc2ncn(C)c(=O)c2c1C(=O)Nc1ncccc1Cl. The van der Waals surface area contributed by atoms with Crippen molar-refractivity contribution in [1.82, 2.24) is 14.5 Å². The van der Waals surface area contributed by atoms with E-state index in [0.717, 1.165) is 0 Å². The van der Waals surface area contributed by atoms with Crippen LogP contribution in [0.5, 0.6) is 0 Å². The molecule has 0 saturated heterocycles. The molecule has 0 aromatic carbocycles. The van der Waals surface area contributed by atoms with Gasteiger partial charge in [-0.05, 0) is 19.1 Å². The summed E-state index contributed by atoms with van der Waals surface area (Å²) < 4.78 is 6.66. The van der Waals surface area contributed by atoms with Gasteiger partial charge in [0.15, 0.2) is 5.82 Å². The molecule has 0 spiro atoms. The number of carbonyl (C=O) groups excluding carboxylic acids is 1. The maximum atomic E-state index is 12.5. The summed E-state index contributed by atoms with van der Waals surface area (Å²) in [6, 6.07) is 3.25. The lowest BCUT2D eigenvalue weighted by Gasteiger charge is -2.05. The van der Waals surface area contributed by atoms with E-state index in [-0.39, 0.29) is 28.0 Å². The van der Waals surface area contributed by atoms with E-state index in [0.29, 0.717) is 10.8 Å². The van der Waals surface area contributed by atoms with Gasteiger partial charge in [0.05, 0.1) is 10.6 Å². The van der Waals surface area contributed by atoms with Crippen LogP contribution in [-0.2, 0) is 7.05 Å². The molecule has 112 valence electrons. The number of hydrogen-bond acceptors (Lipinski definition) is 5. The lowest BCUT2D eigenvalue weighted by atomic mass is 10.2. The fraction of sp³-hybridized carbons (Fsp3) is 0.143. The molecular formula is C14H11ClN4O3. The highest BCUT2D eigenvalue weighted by Gasteiger charge is 2.23. The normalized spacial score (nSPS) is 10.9. The molecule has 8 heteroatoms. The molecule has 1 amide bonds. The van der Waals surface area contributed by atoms with E-state index in [1.54, 1.807) is 26.1 Å². The molecule has 0 aliphatic carbocycles. The predicted molar refractivity (Wildman–Crippen MR) is 81.2 cm³/mol. The molecule has 3 aromatic rings. The highest BCUT2D eigenvalue weighted by Crippen LogP contribution is 2.23. The van der Waals surface area contributed by atoms with Gasteiger partial charge in [0.2, 0.25) is 5.71 Å². The van der Waals surface area contributed by atoms with Gasteiger partial charge in [-0.2, -0.15) is 0 Å². The number of amides is 1. The summed E-state index contributed by atoms with van der Waals surface area (Å²) in [5.74, 6) is -0.0130. The third kappa shape index (κ3) is 2.25. The number of carbonyl (C=O) groups is 1. The van der Waals surface area contributed by atoms with E-state index in [9.17, 15) is 9.59 Å². The lowest BCUT2D eigenvalue weighted by molar-refractivity contribution is 0.102. The first-order chi connectivity index (χ1) is 10.5. The number of halogens is 1. The Morgan fingerprint density at radius 1 is 1.41 bits per heavy atom. The van der Waals surface area contributed by atoms with Gasteiger partial charge < -0.3 is 14.3 Å². The molecule has 3 rings (SSSR count). The molecule has 0 unspecified atom stereocenters. The van der Waals surface area contributed by atoms with Crippen LogP contribution in [0.1, 0.15) is 16.1 Å². The average Bonchev–Trinajstić information content (AvgIpc) is 2.82. The van der Waals surface area contributed by atoms with Gasteiger partial charge in [0.1, 0.15) is 17.5 Å². The second-order valence-electron chi connectivity index (χ2n) is 4.66. The summed E-state index contributed by atoms with van der Waals surface area (Å²) in [6.45, 7) is 1.59. The number of furan rings is 1. The van der Waals surface area contributed by atoms with Gasteiger partial charge in [-0.15, -0.1) is 0 Å². The van der Waals surface area contributed by atoms with Crippen LogP contribution in [0.4, 0.5) is 5.82 Å². The first-order valence-electron chi connectivity index (χ1n) is 6.35. The number of nitrogens with one attached hydrogen (secondary N) is 1. The highest BCUT2D eigenvalue weighted by atomic mass is 35.5. The van der Waals surface area contributed by atoms with E-state index in [1.165, 1.54) is 17.1 Å². The van der Waals surface area contributed by atoms with Crippen molar-refractivity contribution in [3.8, 4) is 0 Å². The van der Waals surface area contributed by atoms with Crippen molar-refractivity contribution in [2.75, 3.05) is 5.32 Å². The molecule has 3 aromatic heterocycles. The first-order valence-corrected chi connectivity index (χ1v) is 6.73. The third-order valence-electron chi connectivity index (χ3n) is 3.17. The number of rotatable bonds is 2. The number of hydrogen-bond donors (Lipinski definition) is 1. The number of aromatic nitrogens is 3. The standard InChI is InChI=1S/C14H11ClN4O3/c1-7-9(10-13(22-7)17-6-19(2)14(10)21)12(20)18-11-8(15)4-3-5-16-11/h3-6H,1-2H3,(H,16,18,20). The molecule has 7 nitrogen and oxygen atoms in total. The monoisotopic (exact) mass is 318 g/mol. The zero-order chi connectivity index (χ0) is 15.9. The van der Waals surface area contributed by atoms with Crippen LogP contribution in [0.25, 0.3) is 11.1 Å². The molecule has 0 fully saturated rings. The summed E-state index contributed by atoms with van der Waals surface area (Å²) >= 11 is 5.97. The van der Waals surface area contributed by atoms with Crippen molar-refractivity contribution >= 4 is 34.4 Å². The van der Waals surface area contributed by atoms with Gasteiger partial charge in [-0.25, -0.2) is 9.97 Å². The minimum atomic E-state index is -0.526. The molecule has 0 saturated carbocycles. The zero-order valence-electron chi connectivity index (χ0n) is 11.8. The number of fused-ring (bicyclic) bond motifs is 1. The van der Waals surface area contributed by atoms with Crippen LogP contribution in [0.3, 0.4) is 0 Å². The molecule has 1 N–H and O–H groups in total. The molecular weight excluding hydrogens is 308 g/mol. The van der Waals surface area contributed by atoms with Crippen molar-refractivity contribution in [2.45, 2.75) is 6.92 Å². The first kappa shape index (κ1) is 14.3. The fourth-order valence-electron chi connectivity index (χ4n) is 2.11. The molecule has 0 aliphatic heterocycles. The topological polar surface area (TPSA) is 90.0 Å². The molecule has 0 atom stereocenters. The Labute approximate surface area is 129 Å².